The minimum atomic E-state index is 0.169. The summed E-state index contributed by atoms with van der Waals surface area (Å²) in [6.07, 6.45) is 4.47. The smallest absolute Gasteiger partial charge is 0.224 e. The summed E-state index contributed by atoms with van der Waals surface area (Å²) in [4.78, 5) is 18.9. The number of amides is 1. The minimum Gasteiger partial charge on any atom is -0.373 e. The van der Waals surface area contributed by atoms with E-state index in [0.717, 1.165) is 18.9 Å². The van der Waals surface area contributed by atoms with Crippen LogP contribution in [0.1, 0.15) is 32.0 Å². The lowest BCUT2D eigenvalue weighted by Gasteiger charge is -2.37. The largest absolute Gasteiger partial charge is 0.373 e. The van der Waals surface area contributed by atoms with E-state index in [4.69, 9.17) is 4.74 Å². The first-order valence-electron chi connectivity index (χ1n) is 7.79. The fraction of sp³-hybridized carbons (Fsp3) is 0.733. The Bertz CT molecular complexity index is 500. The van der Waals surface area contributed by atoms with E-state index in [0.29, 0.717) is 32.0 Å². The van der Waals surface area contributed by atoms with Crippen LogP contribution in [-0.2, 0) is 16.1 Å². The monoisotopic (exact) mass is 292 g/mol. The molecule has 0 spiro atoms. The zero-order chi connectivity index (χ0) is 14.8. The number of fused-ring (bicyclic) bond motifs is 1. The third-order valence-electron chi connectivity index (χ3n) is 4.34. The fourth-order valence-electron chi connectivity index (χ4n) is 3.27. The molecule has 1 N–H and O–H groups in total. The first-order valence-corrected chi connectivity index (χ1v) is 7.79. The van der Waals surface area contributed by atoms with Gasteiger partial charge >= 0.3 is 0 Å². The highest BCUT2D eigenvalue weighted by Crippen LogP contribution is 2.19. The first-order chi connectivity index (χ1) is 10.2. The summed E-state index contributed by atoms with van der Waals surface area (Å²) in [7, 11) is 0. The van der Waals surface area contributed by atoms with Crippen molar-refractivity contribution in [2.45, 2.75) is 44.9 Å². The maximum Gasteiger partial charge on any atom is 0.224 e. The molecule has 0 saturated carbocycles. The standard InChI is InChI=1S/C15H24N4O2/c1-11(2)15-17-4-6-18(15)5-3-14(20)19-7-8-21-13-10-16-9-12(13)19/h4,6,11-13,16H,3,5,7-10H2,1-2H3/t12-,13+/m1/s1. The van der Waals surface area contributed by atoms with E-state index in [1.807, 2.05) is 17.3 Å². The number of hydrogen-bond donors (Lipinski definition) is 1. The van der Waals surface area contributed by atoms with Crippen molar-refractivity contribution < 1.29 is 9.53 Å². The van der Waals surface area contributed by atoms with Crippen LogP contribution in [-0.4, -0.2) is 58.7 Å². The molecule has 116 valence electrons. The van der Waals surface area contributed by atoms with Gasteiger partial charge in [0.1, 0.15) is 5.82 Å². The van der Waals surface area contributed by atoms with E-state index >= 15 is 0 Å². The zero-order valence-electron chi connectivity index (χ0n) is 12.8. The van der Waals surface area contributed by atoms with Gasteiger partial charge in [0, 0.05) is 50.9 Å². The Kier molecular flexibility index (Phi) is 4.26. The van der Waals surface area contributed by atoms with Crippen molar-refractivity contribution in [3.63, 3.8) is 0 Å². The lowest BCUT2D eigenvalue weighted by Crippen LogP contribution is -2.53. The molecule has 2 aliphatic rings. The lowest BCUT2D eigenvalue weighted by molar-refractivity contribution is -0.143. The van der Waals surface area contributed by atoms with Crippen LogP contribution < -0.4 is 5.32 Å². The predicted octanol–water partition coefficient (Wildman–Crippen LogP) is 0.596. The van der Waals surface area contributed by atoms with E-state index in [1.165, 1.54) is 0 Å². The Morgan fingerprint density at radius 3 is 3.19 bits per heavy atom. The molecule has 0 aromatic carbocycles. The molecule has 3 heterocycles. The summed E-state index contributed by atoms with van der Waals surface area (Å²) in [5.41, 5.74) is 0. The summed E-state index contributed by atoms with van der Waals surface area (Å²) >= 11 is 0. The van der Waals surface area contributed by atoms with Gasteiger partial charge in [0.25, 0.3) is 0 Å². The molecular formula is C15H24N4O2. The average Bonchev–Trinajstić information content (AvgIpc) is 3.12. The zero-order valence-corrected chi connectivity index (χ0v) is 12.8. The molecule has 0 aliphatic carbocycles. The van der Waals surface area contributed by atoms with E-state index in [9.17, 15) is 4.79 Å². The molecule has 2 fully saturated rings. The van der Waals surface area contributed by atoms with Gasteiger partial charge in [0.05, 0.1) is 18.8 Å². The molecule has 6 nitrogen and oxygen atoms in total. The van der Waals surface area contributed by atoms with Crippen LogP contribution in [0.3, 0.4) is 0 Å². The van der Waals surface area contributed by atoms with Crippen LogP contribution in [0.5, 0.6) is 0 Å². The number of hydrogen-bond acceptors (Lipinski definition) is 4. The number of nitrogens with one attached hydrogen (secondary N) is 1. The van der Waals surface area contributed by atoms with Gasteiger partial charge in [-0.2, -0.15) is 0 Å². The molecule has 0 bridgehead atoms. The van der Waals surface area contributed by atoms with E-state index < -0.39 is 0 Å². The molecular weight excluding hydrogens is 268 g/mol. The van der Waals surface area contributed by atoms with Gasteiger partial charge in [-0.3, -0.25) is 4.79 Å². The summed E-state index contributed by atoms with van der Waals surface area (Å²) in [6, 6.07) is 0.207. The Hall–Kier alpha value is -1.40. The van der Waals surface area contributed by atoms with Gasteiger partial charge in [-0.15, -0.1) is 0 Å². The summed E-state index contributed by atoms with van der Waals surface area (Å²) < 4.78 is 7.80. The molecule has 6 heteroatoms. The minimum absolute atomic E-state index is 0.169. The van der Waals surface area contributed by atoms with Crippen molar-refractivity contribution >= 4 is 5.91 Å². The van der Waals surface area contributed by atoms with Crippen molar-refractivity contribution in [1.82, 2.24) is 19.8 Å². The molecule has 0 unspecified atom stereocenters. The summed E-state index contributed by atoms with van der Waals surface area (Å²) in [6.45, 7) is 8.01. The van der Waals surface area contributed by atoms with Crippen molar-refractivity contribution in [2.24, 2.45) is 0 Å². The second-order valence-electron chi connectivity index (χ2n) is 6.11. The highest BCUT2D eigenvalue weighted by atomic mass is 16.5. The number of carbonyl (C=O) groups is 1. The maximum absolute atomic E-state index is 12.5. The Balaban J connectivity index is 1.60. The molecule has 2 aliphatic heterocycles. The molecule has 21 heavy (non-hydrogen) atoms. The average molecular weight is 292 g/mol. The third-order valence-corrected chi connectivity index (χ3v) is 4.34. The SMILES string of the molecule is CC(C)c1nccn1CCC(=O)N1CCO[C@H]2CNC[C@H]21. The van der Waals surface area contributed by atoms with Crippen LogP contribution in [0.2, 0.25) is 0 Å². The van der Waals surface area contributed by atoms with Crippen molar-refractivity contribution in [2.75, 3.05) is 26.2 Å². The summed E-state index contributed by atoms with van der Waals surface area (Å²) in [5.74, 6) is 1.65. The number of rotatable bonds is 4. The Morgan fingerprint density at radius 2 is 2.38 bits per heavy atom. The third kappa shape index (κ3) is 2.96. The predicted molar refractivity (Wildman–Crippen MR) is 79.0 cm³/mol. The Morgan fingerprint density at radius 1 is 1.52 bits per heavy atom. The van der Waals surface area contributed by atoms with Crippen molar-refractivity contribution in [1.29, 1.82) is 0 Å². The molecule has 2 saturated heterocycles. The number of aromatic nitrogens is 2. The van der Waals surface area contributed by atoms with Crippen molar-refractivity contribution in [3.05, 3.63) is 18.2 Å². The normalized spacial score (nSPS) is 25.4. The number of aryl methyl sites for hydroxylation is 1. The summed E-state index contributed by atoms with van der Waals surface area (Å²) in [5, 5.41) is 3.31. The van der Waals surface area contributed by atoms with Gasteiger partial charge in [0.2, 0.25) is 5.91 Å². The number of carbonyl (C=O) groups excluding carboxylic acids is 1. The van der Waals surface area contributed by atoms with Crippen LogP contribution in [0.4, 0.5) is 0 Å². The molecule has 3 rings (SSSR count). The van der Waals surface area contributed by atoms with Crippen molar-refractivity contribution in [3.8, 4) is 0 Å². The molecule has 1 aromatic rings. The fourth-order valence-corrected chi connectivity index (χ4v) is 3.27. The maximum atomic E-state index is 12.5. The highest BCUT2D eigenvalue weighted by molar-refractivity contribution is 5.76. The van der Waals surface area contributed by atoms with Gasteiger partial charge in [-0.05, 0) is 0 Å². The van der Waals surface area contributed by atoms with E-state index in [1.54, 1.807) is 0 Å². The van der Waals surface area contributed by atoms with Gasteiger partial charge in [-0.1, -0.05) is 13.8 Å². The number of nitrogens with zero attached hydrogens (tertiary/aromatic N) is 3. The Labute approximate surface area is 125 Å². The van der Waals surface area contributed by atoms with Crippen LogP contribution in [0.25, 0.3) is 0 Å². The van der Waals surface area contributed by atoms with Crippen LogP contribution in [0.15, 0.2) is 12.4 Å². The second kappa shape index (κ2) is 6.15. The van der Waals surface area contributed by atoms with Gasteiger partial charge < -0.3 is 19.5 Å². The molecule has 1 amide bonds. The first kappa shape index (κ1) is 14.5. The quantitative estimate of drug-likeness (QED) is 0.883. The van der Waals surface area contributed by atoms with Gasteiger partial charge in [0.15, 0.2) is 0 Å². The van der Waals surface area contributed by atoms with Gasteiger partial charge in [-0.25, -0.2) is 4.98 Å². The van der Waals surface area contributed by atoms with Crippen LogP contribution >= 0.6 is 0 Å². The van der Waals surface area contributed by atoms with Crippen LogP contribution in [0, 0.1) is 0 Å². The number of morpholine rings is 1. The second-order valence-corrected chi connectivity index (χ2v) is 6.11. The van der Waals surface area contributed by atoms with E-state index in [2.05, 4.69) is 28.7 Å². The number of ether oxygens (including phenoxy) is 1. The van der Waals surface area contributed by atoms with E-state index in [-0.39, 0.29) is 18.1 Å². The topological polar surface area (TPSA) is 59.4 Å². The highest BCUT2D eigenvalue weighted by Gasteiger charge is 2.38. The molecule has 0 radical (unpaired) electrons. The number of imidazole rings is 1. The lowest BCUT2D eigenvalue weighted by atomic mass is 10.1. The molecule has 2 atom stereocenters. The molecule has 1 aromatic heterocycles.